The highest BCUT2D eigenvalue weighted by Crippen LogP contribution is 2.38. The van der Waals surface area contributed by atoms with Crippen LogP contribution in [0.25, 0.3) is 6.08 Å². The van der Waals surface area contributed by atoms with Gasteiger partial charge in [0.2, 0.25) is 5.75 Å². The normalized spacial score (nSPS) is 11.1. The zero-order chi connectivity index (χ0) is 17.5. The Morgan fingerprint density at radius 2 is 1.79 bits per heavy atom. The predicted molar refractivity (Wildman–Crippen MR) is 98.0 cm³/mol. The Morgan fingerprint density at radius 3 is 2.29 bits per heavy atom. The van der Waals surface area contributed by atoms with Gasteiger partial charge in [0.15, 0.2) is 15.5 Å². The molecule has 0 fully saturated rings. The van der Waals surface area contributed by atoms with Crippen molar-refractivity contribution in [3.8, 4) is 17.2 Å². The maximum atomic E-state index is 11.9. The number of aromatic nitrogens is 1. The second kappa shape index (κ2) is 8.47. The molecule has 0 spiro atoms. The highest BCUT2D eigenvalue weighted by molar-refractivity contribution is 7.73. The van der Waals surface area contributed by atoms with Crippen LogP contribution in [0.4, 0.5) is 0 Å². The van der Waals surface area contributed by atoms with E-state index in [2.05, 4.69) is 0 Å². The van der Waals surface area contributed by atoms with E-state index in [0.717, 1.165) is 5.56 Å². The van der Waals surface area contributed by atoms with Gasteiger partial charge < -0.3 is 14.2 Å². The first-order chi connectivity index (χ1) is 11.6. The Labute approximate surface area is 149 Å². The molecule has 0 radical (unpaired) electrons. The third-order valence-corrected chi connectivity index (χ3v) is 4.28. The fraction of sp³-hybridized carbons (Fsp3) is 0.176. The first kappa shape index (κ1) is 18.0. The summed E-state index contributed by atoms with van der Waals surface area (Å²) >= 11 is 6.41. The van der Waals surface area contributed by atoms with E-state index in [-0.39, 0.29) is 5.91 Å². The summed E-state index contributed by atoms with van der Waals surface area (Å²) in [6.45, 7) is 0. The summed E-state index contributed by atoms with van der Waals surface area (Å²) in [4.78, 5) is 11.9. The van der Waals surface area contributed by atoms with Crippen LogP contribution in [0.1, 0.15) is 10.4 Å². The van der Waals surface area contributed by atoms with Gasteiger partial charge in [-0.3, -0.25) is 9.36 Å². The number of rotatable bonds is 6. The van der Waals surface area contributed by atoms with E-state index in [4.69, 9.17) is 26.4 Å². The minimum absolute atomic E-state index is 0.184. The number of hydrogen-bond donors (Lipinski definition) is 0. The first-order valence-electron chi connectivity index (χ1n) is 6.96. The molecule has 0 unspecified atom stereocenters. The Hall–Kier alpha value is -2.38. The number of benzene rings is 1. The molecule has 126 valence electrons. The summed E-state index contributed by atoms with van der Waals surface area (Å²) in [7, 11) is 4.68. The average Bonchev–Trinajstić information content (AvgIpc) is 3.03. The number of hydrogen-bond acceptors (Lipinski definition) is 6. The van der Waals surface area contributed by atoms with E-state index >= 15 is 0 Å². The first-order valence-corrected chi connectivity index (χ1v) is 8.24. The van der Waals surface area contributed by atoms with E-state index in [0.29, 0.717) is 21.2 Å². The fourth-order valence-corrected chi connectivity index (χ4v) is 2.89. The molecular formula is C17H17NO4S2. The summed E-state index contributed by atoms with van der Waals surface area (Å²) < 4.78 is 17.8. The molecule has 24 heavy (non-hydrogen) atoms. The maximum absolute atomic E-state index is 11.9. The summed E-state index contributed by atoms with van der Waals surface area (Å²) in [6.07, 6.45) is 8.36. The van der Waals surface area contributed by atoms with Gasteiger partial charge in [-0.25, -0.2) is 0 Å². The standard InChI is InChI=1S/C17H17NO4S2/c1-20-13-10-12(11-14(21-2)16(13)22-3)6-4-5-7-15(19)18-8-9-24-17(18)23/h4-11H,1-3H3. The lowest BCUT2D eigenvalue weighted by Gasteiger charge is -2.12. The molecule has 2 aromatic rings. The van der Waals surface area contributed by atoms with Crippen molar-refractivity contribution in [3.05, 3.63) is 51.5 Å². The van der Waals surface area contributed by atoms with Crippen molar-refractivity contribution in [3.63, 3.8) is 0 Å². The average molecular weight is 363 g/mol. The van der Waals surface area contributed by atoms with Crippen LogP contribution in [-0.4, -0.2) is 31.8 Å². The van der Waals surface area contributed by atoms with E-state index in [1.165, 1.54) is 22.0 Å². The second-order valence-electron chi connectivity index (χ2n) is 4.55. The Bertz CT molecular complexity index is 808. The van der Waals surface area contributed by atoms with Gasteiger partial charge in [0.05, 0.1) is 21.3 Å². The number of methoxy groups -OCH3 is 3. The van der Waals surface area contributed by atoms with Gasteiger partial charge in [-0.2, -0.15) is 0 Å². The molecule has 0 saturated carbocycles. The van der Waals surface area contributed by atoms with E-state index < -0.39 is 0 Å². The third-order valence-electron chi connectivity index (χ3n) is 3.14. The molecular weight excluding hydrogens is 346 g/mol. The quantitative estimate of drug-likeness (QED) is 0.437. The van der Waals surface area contributed by atoms with Gasteiger partial charge in [-0.15, -0.1) is 11.3 Å². The van der Waals surface area contributed by atoms with Crippen molar-refractivity contribution in [2.75, 3.05) is 21.3 Å². The second-order valence-corrected chi connectivity index (χ2v) is 6.09. The number of ether oxygens (including phenoxy) is 3. The van der Waals surface area contributed by atoms with Gasteiger partial charge in [0.25, 0.3) is 5.91 Å². The number of carbonyl (C=O) groups is 1. The lowest BCUT2D eigenvalue weighted by atomic mass is 10.1. The Morgan fingerprint density at radius 1 is 1.12 bits per heavy atom. The minimum Gasteiger partial charge on any atom is -0.493 e. The molecule has 7 heteroatoms. The van der Waals surface area contributed by atoms with E-state index in [1.54, 1.807) is 45.1 Å². The molecule has 0 atom stereocenters. The molecule has 0 amide bonds. The summed E-state index contributed by atoms with van der Waals surface area (Å²) in [6, 6.07) is 3.64. The Balaban J connectivity index is 2.17. The van der Waals surface area contributed by atoms with Gasteiger partial charge in [-0.1, -0.05) is 18.2 Å². The third kappa shape index (κ3) is 4.12. The van der Waals surface area contributed by atoms with Crippen LogP contribution < -0.4 is 14.2 Å². The van der Waals surface area contributed by atoms with Gasteiger partial charge >= 0.3 is 0 Å². The molecule has 5 nitrogen and oxygen atoms in total. The van der Waals surface area contributed by atoms with Gasteiger partial charge in [0, 0.05) is 17.7 Å². The smallest absolute Gasteiger partial charge is 0.256 e. The summed E-state index contributed by atoms with van der Waals surface area (Å²) in [5.41, 5.74) is 0.855. The van der Waals surface area contributed by atoms with E-state index in [9.17, 15) is 4.79 Å². The van der Waals surface area contributed by atoms with Crippen LogP contribution in [0.3, 0.4) is 0 Å². The van der Waals surface area contributed by atoms with Crippen LogP contribution >= 0.6 is 23.6 Å². The van der Waals surface area contributed by atoms with Gasteiger partial charge in [-0.05, 0) is 29.9 Å². The topological polar surface area (TPSA) is 49.7 Å². The van der Waals surface area contributed by atoms with E-state index in [1.807, 2.05) is 18.2 Å². The highest BCUT2D eigenvalue weighted by atomic mass is 32.1. The lowest BCUT2D eigenvalue weighted by Crippen LogP contribution is -2.04. The fourth-order valence-electron chi connectivity index (χ4n) is 2.01. The molecule has 0 aliphatic rings. The molecule has 0 aliphatic carbocycles. The molecule has 0 N–H and O–H groups in total. The van der Waals surface area contributed by atoms with Crippen molar-refractivity contribution < 1.29 is 19.0 Å². The number of nitrogens with zero attached hydrogens (tertiary/aromatic N) is 1. The Kier molecular flexibility index (Phi) is 6.34. The molecule has 0 bridgehead atoms. The largest absolute Gasteiger partial charge is 0.493 e. The predicted octanol–water partition coefficient (Wildman–Crippen LogP) is 4.21. The van der Waals surface area contributed by atoms with Crippen LogP contribution in [0.2, 0.25) is 0 Å². The molecule has 1 aromatic heterocycles. The van der Waals surface area contributed by atoms with Crippen LogP contribution in [0, 0.1) is 3.95 Å². The number of thiazole rings is 1. The van der Waals surface area contributed by atoms with Crippen LogP contribution in [-0.2, 0) is 0 Å². The maximum Gasteiger partial charge on any atom is 0.256 e. The highest BCUT2D eigenvalue weighted by Gasteiger charge is 2.11. The van der Waals surface area contributed by atoms with Crippen molar-refractivity contribution in [2.24, 2.45) is 0 Å². The van der Waals surface area contributed by atoms with Crippen LogP contribution in [0.5, 0.6) is 17.2 Å². The molecule has 1 aromatic carbocycles. The van der Waals surface area contributed by atoms with Crippen molar-refractivity contribution in [2.45, 2.75) is 0 Å². The summed E-state index contributed by atoms with van der Waals surface area (Å²) in [5.74, 6) is 1.49. The minimum atomic E-state index is -0.184. The molecule has 0 saturated heterocycles. The van der Waals surface area contributed by atoms with Gasteiger partial charge in [0.1, 0.15) is 0 Å². The SMILES string of the molecule is COc1cc(C=CC=CC(=O)n2ccsc2=S)cc(OC)c1OC. The molecule has 0 aliphatic heterocycles. The van der Waals surface area contributed by atoms with Crippen molar-refractivity contribution >= 4 is 35.5 Å². The lowest BCUT2D eigenvalue weighted by molar-refractivity contribution is 0.0968. The summed E-state index contributed by atoms with van der Waals surface area (Å²) in [5, 5.41) is 1.78. The zero-order valence-electron chi connectivity index (χ0n) is 13.5. The zero-order valence-corrected chi connectivity index (χ0v) is 15.1. The van der Waals surface area contributed by atoms with Crippen molar-refractivity contribution in [1.29, 1.82) is 0 Å². The molecule has 1 heterocycles. The number of allylic oxidation sites excluding steroid dienone is 3. The molecule has 2 rings (SSSR count). The number of carbonyl (C=O) groups excluding carboxylic acids is 1. The monoisotopic (exact) mass is 363 g/mol. The van der Waals surface area contributed by atoms with Crippen molar-refractivity contribution in [1.82, 2.24) is 4.57 Å². The van der Waals surface area contributed by atoms with Crippen LogP contribution in [0.15, 0.2) is 41.9 Å².